The summed E-state index contributed by atoms with van der Waals surface area (Å²) in [6, 6.07) is 11.6. The van der Waals surface area contributed by atoms with Crippen LogP contribution in [0.4, 0.5) is 5.69 Å². The Hall–Kier alpha value is -3.33. The number of aromatic nitrogens is 4. The van der Waals surface area contributed by atoms with E-state index in [1.165, 1.54) is 19.5 Å². The zero-order valence-electron chi connectivity index (χ0n) is 18.0. The van der Waals surface area contributed by atoms with E-state index in [0.717, 1.165) is 54.2 Å². The lowest BCUT2D eigenvalue weighted by atomic mass is 9.99. The van der Waals surface area contributed by atoms with Gasteiger partial charge in [-0.15, -0.1) is 0 Å². The van der Waals surface area contributed by atoms with Crippen LogP contribution in [0.15, 0.2) is 55.1 Å². The van der Waals surface area contributed by atoms with Crippen molar-refractivity contribution in [3.05, 3.63) is 71.4 Å². The molecule has 4 aromatic rings. The van der Waals surface area contributed by atoms with Gasteiger partial charge in [0.25, 0.3) is 0 Å². The van der Waals surface area contributed by atoms with Gasteiger partial charge in [0.1, 0.15) is 18.1 Å². The zero-order valence-corrected chi connectivity index (χ0v) is 18.7. The summed E-state index contributed by atoms with van der Waals surface area (Å²) >= 11 is 6.45. The van der Waals surface area contributed by atoms with E-state index in [9.17, 15) is 5.11 Å². The van der Waals surface area contributed by atoms with Gasteiger partial charge in [-0.25, -0.2) is 15.0 Å². The zero-order chi connectivity index (χ0) is 22.8. The quantitative estimate of drug-likeness (QED) is 0.479. The highest BCUT2D eigenvalue weighted by atomic mass is 35.5. The molecule has 1 N–H and O–H groups in total. The number of hydrogen-bond donors (Lipinski definition) is 1. The Balaban J connectivity index is 1.55. The van der Waals surface area contributed by atoms with Gasteiger partial charge in [0.15, 0.2) is 0 Å². The fraction of sp³-hybridized carbons (Fsp3) is 0.250. The highest BCUT2D eigenvalue weighted by Crippen LogP contribution is 2.35. The molecule has 0 saturated carbocycles. The Morgan fingerprint density at radius 2 is 1.85 bits per heavy atom. The fourth-order valence-corrected chi connectivity index (χ4v) is 4.24. The third kappa shape index (κ3) is 4.20. The molecule has 1 aliphatic heterocycles. The van der Waals surface area contributed by atoms with Crippen LogP contribution in [0.2, 0.25) is 5.02 Å². The minimum atomic E-state index is -1.11. The predicted octanol–water partition coefficient (Wildman–Crippen LogP) is 3.67. The highest BCUT2D eigenvalue weighted by Gasteiger charge is 2.22. The van der Waals surface area contributed by atoms with Gasteiger partial charge in [-0.1, -0.05) is 17.7 Å². The van der Waals surface area contributed by atoms with E-state index in [-0.39, 0.29) is 5.88 Å². The second-order valence-electron chi connectivity index (χ2n) is 7.61. The first-order valence-electron chi connectivity index (χ1n) is 10.6. The Bertz CT molecular complexity index is 1300. The molecule has 3 heterocycles. The van der Waals surface area contributed by atoms with Crippen LogP contribution in [-0.4, -0.2) is 58.5 Å². The summed E-state index contributed by atoms with van der Waals surface area (Å²) in [4.78, 5) is 19.7. The van der Waals surface area contributed by atoms with E-state index in [0.29, 0.717) is 16.3 Å². The third-order valence-corrected chi connectivity index (χ3v) is 6.05. The number of aliphatic hydroxyl groups excluding tert-OH is 1. The molecule has 0 amide bonds. The summed E-state index contributed by atoms with van der Waals surface area (Å²) in [6.45, 7) is 3.15. The van der Waals surface area contributed by atoms with Crippen LogP contribution < -0.4 is 9.64 Å². The maximum absolute atomic E-state index is 11.0. The molecule has 0 bridgehead atoms. The lowest BCUT2D eigenvalue weighted by molar-refractivity contribution is 0.122. The number of rotatable bonds is 5. The number of anilines is 1. The smallest absolute Gasteiger partial charge is 0.238 e. The molecule has 168 valence electrons. The Morgan fingerprint density at radius 1 is 1.03 bits per heavy atom. The van der Waals surface area contributed by atoms with E-state index in [4.69, 9.17) is 21.1 Å². The molecule has 2 aromatic carbocycles. The van der Waals surface area contributed by atoms with Crippen LogP contribution in [-0.2, 0) is 4.74 Å². The lowest BCUT2D eigenvalue weighted by Gasteiger charge is -2.29. The fourth-order valence-electron chi connectivity index (χ4n) is 4.02. The largest absolute Gasteiger partial charge is 0.480 e. The van der Waals surface area contributed by atoms with E-state index in [1.807, 2.05) is 18.2 Å². The van der Waals surface area contributed by atoms with Gasteiger partial charge in [0.05, 0.1) is 31.5 Å². The Kier molecular flexibility index (Phi) is 6.04. The van der Waals surface area contributed by atoms with Gasteiger partial charge in [0.2, 0.25) is 5.88 Å². The summed E-state index contributed by atoms with van der Waals surface area (Å²) in [5.41, 5.74) is 4.30. The summed E-state index contributed by atoms with van der Waals surface area (Å²) in [5, 5.41) is 12.4. The topological polar surface area (TPSA) is 93.5 Å². The standard InChI is InChI=1S/C24H22ClN5O3/c1-32-24-22(26-6-7-27-24)23(31)18-12-15(2-5-19(18)25)21-17-4-3-16(13-20(17)28-14-29-21)30-8-10-33-11-9-30/h2-7,12-14,23,31H,8-11H2,1H3/t23-/m0/s1. The number of halogens is 1. The van der Waals surface area contributed by atoms with Crippen molar-refractivity contribution in [2.24, 2.45) is 0 Å². The summed E-state index contributed by atoms with van der Waals surface area (Å²) in [6.07, 6.45) is 3.45. The first-order valence-corrected chi connectivity index (χ1v) is 10.9. The van der Waals surface area contributed by atoms with E-state index in [1.54, 1.807) is 12.4 Å². The van der Waals surface area contributed by atoms with Gasteiger partial charge in [0, 0.05) is 52.7 Å². The molecule has 1 saturated heterocycles. The van der Waals surface area contributed by atoms with Crippen molar-refractivity contribution in [1.82, 2.24) is 19.9 Å². The number of aliphatic hydroxyl groups is 1. The van der Waals surface area contributed by atoms with Crippen molar-refractivity contribution < 1.29 is 14.6 Å². The molecule has 5 rings (SSSR count). The molecule has 0 spiro atoms. The van der Waals surface area contributed by atoms with Crippen molar-refractivity contribution in [1.29, 1.82) is 0 Å². The third-order valence-electron chi connectivity index (χ3n) is 5.70. The first kappa shape index (κ1) is 21.5. The van der Waals surface area contributed by atoms with Gasteiger partial charge in [-0.3, -0.25) is 4.98 Å². The monoisotopic (exact) mass is 463 g/mol. The molecule has 1 fully saturated rings. The average Bonchev–Trinajstić information content (AvgIpc) is 2.88. The molecule has 1 atom stereocenters. The molecular formula is C24H22ClN5O3. The van der Waals surface area contributed by atoms with Crippen molar-refractivity contribution in [2.75, 3.05) is 38.3 Å². The number of nitrogens with zero attached hydrogens (tertiary/aromatic N) is 5. The molecule has 9 heteroatoms. The van der Waals surface area contributed by atoms with Crippen LogP contribution in [0, 0.1) is 0 Å². The second kappa shape index (κ2) is 9.27. The average molecular weight is 464 g/mol. The minimum Gasteiger partial charge on any atom is -0.480 e. The number of ether oxygens (including phenoxy) is 2. The molecular weight excluding hydrogens is 442 g/mol. The molecule has 1 aliphatic rings. The van der Waals surface area contributed by atoms with Crippen LogP contribution in [0.25, 0.3) is 22.2 Å². The SMILES string of the molecule is COc1nccnc1[C@@H](O)c1cc(-c2ncnc3cc(N4CCOCC4)ccc23)ccc1Cl. The maximum atomic E-state index is 11.0. The van der Waals surface area contributed by atoms with E-state index < -0.39 is 6.10 Å². The van der Waals surface area contributed by atoms with Crippen LogP contribution >= 0.6 is 11.6 Å². The Morgan fingerprint density at radius 3 is 2.67 bits per heavy atom. The number of methoxy groups -OCH3 is 1. The lowest BCUT2D eigenvalue weighted by Crippen LogP contribution is -2.36. The molecule has 0 unspecified atom stereocenters. The van der Waals surface area contributed by atoms with E-state index >= 15 is 0 Å². The number of hydrogen-bond acceptors (Lipinski definition) is 8. The Labute approximate surface area is 195 Å². The summed E-state index contributed by atoms with van der Waals surface area (Å²) in [5.74, 6) is 0.245. The maximum Gasteiger partial charge on any atom is 0.238 e. The minimum absolute atomic E-state index is 0.245. The van der Waals surface area contributed by atoms with E-state index in [2.05, 4.69) is 37.0 Å². The van der Waals surface area contributed by atoms with Crippen LogP contribution in [0.3, 0.4) is 0 Å². The van der Waals surface area contributed by atoms with Crippen molar-refractivity contribution >= 4 is 28.2 Å². The van der Waals surface area contributed by atoms with Crippen molar-refractivity contribution in [3.63, 3.8) is 0 Å². The number of benzene rings is 2. The van der Waals surface area contributed by atoms with Crippen LogP contribution in [0.5, 0.6) is 5.88 Å². The number of morpholine rings is 1. The predicted molar refractivity (Wildman–Crippen MR) is 126 cm³/mol. The van der Waals surface area contributed by atoms with Crippen molar-refractivity contribution in [3.8, 4) is 17.1 Å². The van der Waals surface area contributed by atoms with Crippen molar-refractivity contribution in [2.45, 2.75) is 6.10 Å². The van der Waals surface area contributed by atoms with Gasteiger partial charge in [-0.2, -0.15) is 0 Å². The van der Waals surface area contributed by atoms with Gasteiger partial charge >= 0.3 is 0 Å². The summed E-state index contributed by atoms with van der Waals surface area (Å²) in [7, 11) is 1.48. The number of fused-ring (bicyclic) bond motifs is 1. The highest BCUT2D eigenvalue weighted by molar-refractivity contribution is 6.31. The second-order valence-corrected chi connectivity index (χ2v) is 8.02. The van der Waals surface area contributed by atoms with Gasteiger partial charge < -0.3 is 19.5 Å². The van der Waals surface area contributed by atoms with Gasteiger partial charge in [-0.05, 0) is 30.3 Å². The van der Waals surface area contributed by atoms with Crippen LogP contribution in [0.1, 0.15) is 17.4 Å². The molecule has 0 radical (unpaired) electrons. The summed E-state index contributed by atoms with van der Waals surface area (Å²) < 4.78 is 10.7. The first-order chi connectivity index (χ1) is 16.2. The molecule has 0 aliphatic carbocycles. The molecule has 2 aromatic heterocycles. The molecule has 33 heavy (non-hydrogen) atoms. The molecule has 8 nitrogen and oxygen atoms in total. The normalized spacial score (nSPS) is 14.9.